The number of ether oxygens (including phenoxy) is 1. The van der Waals surface area contributed by atoms with Crippen LogP contribution < -0.4 is 10.1 Å². The second-order valence-corrected chi connectivity index (χ2v) is 4.62. The largest absolute Gasteiger partial charge is 0.496 e. The van der Waals surface area contributed by atoms with Crippen molar-refractivity contribution in [2.24, 2.45) is 0 Å². The molecule has 3 nitrogen and oxygen atoms in total. The van der Waals surface area contributed by atoms with E-state index in [1.165, 1.54) is 5.56 Å². The number of para-hydroxylation sites is 1. The van der Waals surface area contributed by atoms with Gasteiger partial charge in [-0.05, 0) is 43.9 Å². The minimum atomic E-state index is -0.160. The van der Waals surface area contributed by atoms with E-state index >= 15 is 0 Å². The average Bonchev–Trinajstić information content (AvgIpc) is 2.76. The fourth-order valence-electron chi connectivity index (χ4n) is 2.48. The fourth-order valence-corrected chi connectivity index (χ4v) is 2.48. The van der Waals surface area contributed by atoms with Crippen LogP contribution in [-0.4, -0.2) is 30.9 Å². The molecular weight excluding hydrogens is 214 g/mol. The number of methoxy groups -OCH3 is 1. The van der Waals surface area contributed by atoms with Gasteiger partial charge in [-0.3, -0.25) is 0 Å². The number of hydrogen-bond acceptors (Lipinski definition) is 3. The van der Waals surface area contributed by atoms with Gasteiger partial charge in [0.25, 0.3) is 0 Å². The van der Waals surface area contributed by atoms with Gasteiger partial charge in [0.2, 0.25) is 0 Å². The molecule has 1 aromatic carbocycles. The van der Waals surface area contributed by atoms with E-state index in [4.69, 9.17) is 4.74 Å². The first kappa shape index (κ1) is 12.4. The highest BCUT2D eigenvalue weighted by atomic mass is 16.5. The summed E-state index contributed by atoms with van der Waals surface area (Å²) in [5, 5.41) is 13.1. The maximum atomic E-state index is 9.70. The van der Waals surface area contributed by atoms with Crippen LogP contribution in [-0.2, 0) is 6.42 Å². The maximum Gasteiger partial charge on any atom is 0.122 e. The fraction of sp³-hybridized carbons (Fsp3) is 0.571. The molecule has 3 heteroatoms. The second kappa shape index (κ2) is 6.03. The molecule has 2 atom stereocenters. The van der Waals surface area contributed by atoms with Crippen molar-refractivity contribution < 1.29 is 9.84 Å². The molecule has 17 heavy (non-hydrogen) atoms. The summed E-state index contributed by atoms with van der Waals surface area (Å²) in [7, 11) is 1.70. The molecule has 1 aliphatic carbocycles. The van der Waals surface area contributed by atoms with Gasteiger partial charge < -0.3 is 15.2 Å². The van der Waals surface area contributed by atoms with Crippen molar-refractivity contribution in [2.45, 2.75) is 37.8 Å². The first-order valence-electron chi connectivity index (χ1n) is 6.34. The topological polar surface area (TPSA) is 41.5 Å². The Labute approximate surface area is 103 Å². The van der Waals surface area contributed by atoms with Gasteiger partial charge in [0.15, 0.2) is 0 Å². The summed E-state index contributed by atoms with van der Waals surface area (Å²) in [6, 6.07) is 8.37. The van der Waals surface area contributed by atoms with Crippen LogP contribution in [0.3, 0.4) is 0 Å². The highest BCUT2D eigenvalue weighted by Crippen LogP contribution is 2.20. The van der Waals surface area contributed by atoms with Crippen LogP contribution >= 0.6 is 0 Å². The van der Waals surface area contributed by atoms with Gasteiger partial charge in [-0.15, -0.1) is 0 Å². The van der Waals surface area contributed by atoms with Gasteiger partial charge in [-0.2, -0.15) is 0 Å². The number of nitrogens with one attached hydrogen (secondary N) is 1. The molecule has 0 heterocycles. The first-order chi connectivity index (χ1) is 8.31. The predicted molar refractivity (Wildman–Crippen MR) is 68.3 cm³/mol. The zero-order valence-electron chi connectivity index (χ0n) is 10.4. The monoisotopic (exact) mass is 235 g/mol. The molecular formula is C14H21NO2. The van der Waals surface area contributed by atoms with E-state index < -0.39 is 0 Å². The van der Waals surface area contributed by atoms with E-state index in [-0.39, 0.29) is 12.1 Å². The van der Waals surface area contributed by atoms with Crippen LogP contribution in [0.25, 0.3) is 0 Å². The standard InChI is InChI=1S/C14H21NO2/c1-17-14-8-3-2-5-11(14)9-10-15-12-6-4-7-13(12)16/h2-3,5,8,12-13,15-16H,4,6-7,9-10H2,1H3/t12-,13-/m0/s1. The molecule has 0 unspecified atom stereocenters. The Bertz CT molecular complexity index is 354. The molecule has 0 bridgehead atoms. The van der Waals surface area contributed by atoms with E-state index in [0.29, 0.717) is 0 Å². The number of benzene rings is 1. The summed E-state index contributed by atoms with van der Waals surface area (Å²) >= 11 is 0. The summed E-state index contributed by atoms with van der Waals surface area (Å²) in [4.78, 5) is 0. The zero-order chi connectivity index (χ0) is 12.1. The van der Waals surface area contributed by atoms with Gasteiger partial charge in [0, 0.05) is 6.04 Å². The smallest absolute Gasteiger partial charge is 0.122 e. The van der Waals surface area contributed by atoms with Crippen molar-refractivity contribution in [3.05, 3.63) is 29.8 Å². The van der Waals surface area contributed by atoms with Crippen LogP contribution in [0.4, 0.5) is 0 Å². The summed E-state index contributed by atoms with van der Waals surface area (Å²) < 4.78 is 5.31. The third kappa shape index (κ3) is 3.20. The molecule has 2 N–H and O–H groups in total. The van der Waals surface area contributed by atoms with Crippen LogP contribution in [0.5, 0.6) is 5.75 Å². The van der Waals surface area contributed by atoms with Crippen molar-refractivity contribution in [1.29, 1.82) is 0 Å². The summed E-state index contributed by atoms with van der Waals surface area (Å²) in [6.45, 7) is 0.891. The minimum absolute atomic E-state index is 0.160. The minimum Gasteiger partial charge on any atom is -0.496 e. The molecule has 0 saturated heterocycles. The van der Waals surface area contributed by atoms with E-state index in [0.717, 1.165) is 38.0 Å². The van der Waals surface area contributed by atoms with Gasteiger partial charge in [0.1, 0.15) is 5.75 Å². The molecule has 1 aromatic rings. The summed E-state index contributed by atoms with van der Waals surface area (Å²) in [5.41, 5.74) is 1.22. The Balaban J connectivity index is 1.81. The van der Waals surface area contributed by atoms with E-state index in [9.17, 15) is 5.11 Å². The van der Waals surface area contributed by atoms with Crippen molar-refractivity contribution in [1.82, 2.24) is 5.32 Å². The van der Waals surface area contributed by atoms with Crippen molar-refractivity contribution in [3.8, 4) is 5.75 Å². The van der Waals surface area contributed by atoms with E-state index in [2.05, 4.69) is 11.4 Å². The Kier molecular flexibility index (Phi) is 4.40. The molecule has 2 rings (SSSR count). The lowest BCUT2D eigenvalue weighted by Crippen LogP contribution is -2.36. The lowest BCUT2D eigenvalue weighted by atomic mass is 10.1. The molecule has 1 fully saturated rings. The number of hydrogen-bond donors (Lipinski definition) is 2. The van der Waals surface area contributed by atoms with E-state index in [1.807, 2.05) is 18.2 Å². The van der Waals surface area contributed by atoms with Gasteiger partial charge in [-0.25, -0.2) is 0 Å². The lowest BCUT2D eigenvalue weighted by Gasteiger charge is -2.16. The lowest BCUT2D eigenvalue weighted by molar-refractivity contribution is 0.149. The average molecular weight is 235 g/mol. The van der Waals surface area contributed by atoms with Gasteiger partial charge in [0.05, 0.1) is 13.2 Å². The Hall–Kier alpha value is -1.06. The Morgan fingerprint density at radius 3 is 2.88 bits per heavy atom. The summed E-state index contributed by atoms with van der Waals surface area (Å²) in [6.07, 6.45) is 3.94. The van der Waals surface area contributed by atoms with Crippen molar-refractivity contribution in [3.63, 3.8) is 0 Å². The zero-order valence-corrected chi connectivity index (χ0v) is 10.4. The molecule has 1 saturated carbocycles. The van der Waals surface area contributed by atoms with Gasteiger partial charge in [-0.1, -0.05) is 18.2 Å². The Morgan fingerprint density at radius 1 is 1.35 bits per heavy atom. The number of aliphatic hydroxyl groups excluding tert-OH is 1. The van der Waals surface area contributed by atoms with Crippen molar-refractivity contribution in [2.75, 3.05) is 13.7 Å². The predicted octanol–water partition coefficient (Wildman–Crippen LogP) is 1.74. The molecule has 94 valence electrons. The molecule has 0 aliphatic heterocycles. The van der Waals surface area contributed by atoms with Crippen LogP contribution in [0.1, 0.15) is 24.8 Å². The Morgan fingerprint density at radius 2 is 2.18 bits per heavy atom. The SMILES string of the molecule is COc1ccccc1CCN[C@H]1CCC[C@@H]1O. The third-order valence-electron chi connectivity index (χ3n) is 3.47. The third-order valence-corrected chi connectivity index (χ3v) is 3.47. The van der Waals surface area contributed by atoms with Crippen LogP contribution in [0.15, 0.2) is 24.3 Å². The van der Waals surface area contributed by atoms with Crippen LogP contribution in [0, 0.1) is 0 Å². The maximum absolute atomic E-state index is 9.70. The molecule has 0 amide bonds. The number of aliphatic hydroxyl groups is 1. The second-order valence-electron chi connectivity index (χ2n) is 4.62. The summed E-state index contributed by atoms with van der Waals surface area (Å²) in [5.74, 6) is 0.946. The molecule has 0 radical (unpaired) electrons. The quantitative estimate of drug-likeness (QED) is 0.817. The number of rotatable bonds is 5. The molecule has 0 aromatic heterocycles. The van der Waals surface area contributed by atoms with Crippen LogP contribution in [0.2, 0.25) is 0 Å². The normalized spacial score (nSPS) is 23.9. The molecule has 0 spiro atoms. The van der Waals surface area contributed by atoms with Crippen molar-refractivity contribution >= 4 is 0 Å². The van der Waals surface area contributed by atoms with Gasteiger partial charge >= 0.3 is 0 Å². The highest BCUT2D eigenvalue weighted by molar-refractivity contribution is 5.33. The van der Waals surface area contributed by atoms with E-state index in [1.54, 1.807) is 7.11 Å². The molecule has 1 aliphatic rings. The highest BCUT2D eigenvalue weighted by Gasteiger charge is 2.24. The first-order valence-corrected chi connectivity index (χ1v) is 6.34.